The van der Waals surface area contributed by atoms with Gasteiger partial charge in [0.2, 0.25) is 5.78 Å². The first-order valence-electron chi connectivity index (χ1n) is 10.8. The number of Topliss-reactive ketones (excluding diaryl/α,β-unsaturated/α-hetero) is 1. The molecule has 1 aliphatic carbocycles. The van der Waals surface area contributed by atoms with E-state index < -0.39 is 5.60 Å². The Morgan fingerprint density at radius 1 is 1.29 bits per heavy atom. The van der Waals surface area contributed by atoms with Crippen LogP contribution in [0.3, 0.4) is 0 Å². The molecule has 0 amide bonds. The van der Waals surface area contributed by atoms with Gasteiger partial charge in [-0.3, -0.25) is 4.79 Å². The number of carbonyl (C=O) groups is 1. The van der Waals surface area contributed by atoms with Gasteiger partial charge >= 0.3 is 0 Å². The Labute approximate surface area is 182 Å². The first-order chi connectivity index (χ1) is 14.8. The number of allylic oxidation sites excluding steroid dienone is 2. The second-order valence-corrected chi connectivity index (χ2v) is 9.30. The lowest BCUT2D eigenvalue weighted by atomic mass is 9.77. The quantitative estimate of drug-likeness (QED) is 0.714. The van der Waals surface area contributed by atoms with Crippen LogP contribution < -0.4 is 0 Å². The number of aromatic nitrogens is 3. The van der Waals surface area contributed by atoms with E-state index in [1.807, 2.05) is 18.2 Å². The number of hydrogen-bond donors (Lipinski definition) is 2. The number of aromatic amines is 1. The van der Waals surface area contributed by atoms with Gasteiger partial charge in [-0.2, -0.15) is 5.26 Å². The summed E-state index contributed by atoms with van der Waals surface area (Å²) in [5.41, 5.74) is 2.86. The van der Waals surface area contributed by atoms with Crippen molar-refractivity contribution >= 4 is 11.4 Å². The van der Waals surface area contributed by atoms with Gasteiger partial charge in [0.1, 0.15) is 17.4 Å². The molecular weight excluding hydrogens is 392 g/mol. The summed E-state index contributed by atoms with van der Waals surface area (Å²) in [4.78, 5) is 24.5. The van der Waals surface area contributed by atoms with Crippen LogP contribution in [0.2, 0.25) is 0 Å². The van der Waals surface area contributed by atoms with E-state index in [0.717, 1.165) is 36.1 Å². The molecule has 2 N–H and O–H groups in total. The zero-order chi connectivity index (χ0) is 22.1. The average molecular weight is 421 g/mol. The van der Waals surface area contributed by atoms with Crippen molar-refractivity contribution in [1.82, 2.24) is 15.0 Å². The van der Waals surface area contributed by atoms with E-state index >= 15 is 0 Å². The van der Waals surface area contributed by atoms with Gasteiger partial charge in [0.25, 0.3) is 0 Å². The molecule has 0 bridgehead atoms. The number of hydrogen-bond acceptors (Lipinski definition) is 6. The smallest absolute Gasteiger partial charge is 0.202 e. The lowest BCUT2D eigenvalue weighted by Crippen LogP contribution is -2.34. The molecule has 1 saturated heterocycles. The molecule has 0 radical (unpaired) electrons. The van der Waals surface area contributed by atoms with Crippen molar-refractivity contribution < 1.29 is 14.6 Å². The standard InChI is InChI=1S/C24H28N4O3/c1-23(2)7-5-16(6-8-23)21-17(13-19(29)22-26-15-18(14-25)27-22)3-4-20(28-21)24(30)9-11-31-12-10-24/h3-5,15,30H,6-13H2,1-2H3,(H,26,27). The van der Waals surface area contributed by atoms with Crippen LogP contribution >= 0.6 is 0 Å². The number of nitrogens with zero attached hydrogens (tertiary/aromatic N) is 3. The van der Waals surface area contributed by atoms with Gasteiger partial charge in [0.05, 0.1) is 17.6 Å². The maximum Gasteiger partial charge on any atom is 0.202 e. The molecule has 0 aromatic carbocycles. The molecule has 0 unspecified atom stereocenters. The molecule has 2 aromatic heterocycles. The Kier molecular flexibility index (Phi) is 5.78. The van der Waals surface area contributed by atoms with E-state index in [1.54, 1.807) is 0 Å². The maximum absolute atomic E-state index is 12.8. The summed E-state index contributed by atoms with van der Waals surface area (Å²) in [7, 11) is 0. The van der Waals surface area contributed by atoms with Crippen LogP contribution in [0, 0.1) is 16.7 Å². The molecule has 7 heteroatoms. The minimum atomic E-state index is -1.01. The molecule has 0 atom stereocenters. The number of rotatable bonds is 5. The molecule has 31 heavy (non-hydrogen) atoms. The Morgan fingerprint density at radius 2 is 2.06 bits per heavy atom. The van der Waals surface area contributed by atoms with E-state index in [-0.39, 0.29) is 29.1 Å². The summed E-state index contributed by atoms with van der Waals surface area (Å²) in [6.07, 6.45) is 7.60. The lowest BCUT2D eigenvalue weighted by Gasteiger charge is -2.33. The van der Waals surface area contributed by atoms with Gasteiger partial charge in [-0.1, -0.05) is 26.0 Å². The highest BCUT2D eigenvalue weighted by Crippen LogP contribution is 2.39. The van der Waals surface area contributed by atoms with E-state index in [9.17, 15) is 9.90 Å². The van der Waals surface area contributed by atoms with E-state index in [1.165, 1.54) is 6.20 Å². The minimum absolute atomic E-state index is 0.128. The van der Waals surface area contributed by atoms with Crippen LogP contribution in [-0.4, -0.2) is 39.1 Å². The van der Waals surface area contributed by atoms with Crippen molar-refractivity contribution in [2.75, 3.05) is 13.2 Å². The fourth-order valence-electron chi connectivity index (χ4n) is 4.20. The number of pyridine rings is 1. The van der Waals surface area contributed by atoms with Crippen molar-refractivity contribution in [2.24, 2.45) is 5.41 Å². The Bertz CT molecular complexity index is 1060. The highest BCUT2D eigenvalue weighted by atomic mass is 16.5. The minimum Gasteiger partial charge on any atom is -0.383 e. The topological polar surface area (TPSA) is 112 Å². The third-order valence-electron chi connectivity index (χ3n) is 6.36. The third-order valence-corrected chi connectivity index (χ3v) is 6.36. The van der Waals surface area contributed by atoms with Crippen molar-refractivity contribution in [3.8, 4) is 6.07 Å². The second-order valence-electron chi connectivity index (χ2n) is 9.30. The first-order valence-corrected chi connectivity index (χ1v) is 10.8. The zero-order valence-corrected chi connectivity index (χ0v) is 18.1. The molecule has 7 nitrogen and oxygen atoms in total. The Hall–Kier alpha value is -2.82. The van der Waals surface area contributed by atoms with Gasteiger partial charge in [-0.25, -0.2) is 9.97 Å². The molecule has 3 heterocycles. The molecule has 162 valence electrons. The summed E-state index contributed by atoms with van der Waals surface area (Å²) >= 11 is 0. The summed E-state index contributed by atoms with van der Waals surface area (Å²) in [6, 6.07) is 5.68. The van der Waals surface area contributed by atoms with Gasteiger partial charge in [-0.15, -0.1) is 0 Å². The van der Waals surface area contributed by atoms with Crippen molar-refractivity contribution in [2.45, 2.75) is 58.0 Å². The number of carbonyl (C=O) groups excluding carboxylic acids is 1. The highest BCUT2D eigenvalue weighted by molar-refractivity contribution is 5.95. The molecule has 0 saturated carbocycles. The molecule has 0 spiro atoms. The number of ether oxygens (including phenoxy) is 1. The van der Waals surface area contributed by atoms with Crippen LogP contribution in [0.1, 0.15) is 79.2 Å². The summed E-state index contributed by atoms with van der Waals surface area (Å²) in [5.74, 6) is -0.0211. The number of imidazole rings is 1. The highest BCUT2D eigenvalue weighted by Gasteiger charge is 2.34. The van der Waals surface area contributed by atoms with Crippen molar-refractivity contribution in [1.29, 1.82) is 5.26 Å². The number of H-pyrrole nitrogens is 1. The van der Waals surface area contributed by atoms with Gasteiger partial charge in [0, 0.05) is 32.5 Å². The van der Waals surface area contributed by atoms with Crippen LogP contribution in [0.4, 0.5) is 0 Å². The molecule has 2 aromatic rings. The summed E-state index contributed by atoms with van der Waals surface area (Å²) < 4.78 is 5.42. The first kappa shape index (κ1) is 21.4. The van der Waals surface area contributed by atoms with E-state index in [2.05, 4.69) is 29.9 Å². The average Bonchev–Trinajstić information content (AvgIpc) is 3.24. The third kappa shape index (κ3) is 4.60. The fourth-order valence-corrected chi connectivity index (χ4v) is 4.20. The predicted molar refractivity (Wildman–Crippen MR) is 115 cm³/mol. The SMILES string of the molecule is CC1(C)CC=C(c2nc(C3(O)CCOCC3)ccc2CC(=O)c2ncc(C#N)[nH]2)CC1. The maximum atomic E-state index is 12.8. The van der Waals surface area contributed by atoms with E-state index in [0.29, 0.717) is 31.7 Å². The number of aliphatic hydroxyl groups is 1. The van der Waals surface area contributed by atoms with Gasteiger partial charge < -0.3 is 14.8 Å². The molecule has 1 fully saturated rings. The van der Waals surface area contributed by atoms with Crippen molar-refractivity contribution in [3.63, 3.8) is 0 Å². The zero-order valence-electron chi connectivity index (χ0n) is 18.1. The molecular formula is C24H28N4O3. The molecule has 4 rings (SSSR count). The normalized spacial score (nSPS) is 20.0. The monoisotopic (exact) mass is 420 g/mol. The predicted octanol–water partition coefficient (Wildman–Crippen LogP) is 3.69. The number of nitrogens with one attached hydrogen (secondary N) is 1. The number of nitriles is 1. The van der Waals surface area contributed by atoms with Crippen LogP contribution in [0.15, 0.2) is 24.4 Å². The largest absolute Gasteiger partial charge is 0.383 e. The fraction of sp³-hybridized carbons (Fsp3) is 0.500. The van der Waals surface area contributed by atoms with Crippen LogP contribution in [-0.2, 0) is 16.8 Å². The second kappa shape index (κ2) is 8.37. The Balaban J connectivity index is 1.69. The van der Waals surface area contributed by atoms with Crippen LogP contribution in [0.5, 0.6) is 0 Å². The molecule has 1 aliphatic heterocycles. The summed E-state index contributed by atoms with van der Waals surface area (Å²) in [6.45, 7) is 5.51. The van der Waals surface area contributed by atoms with Gasteiger partial charge in [0.15, 0.2) is 5.82 Å². The molecule has 2 aliphatic rings. The van der Waals surface area contributed by atoms with Crippen molar-refractivity contribution in [3.05, 3.63) is 52.9 Å². The van der Waals surface area contributed by atoms with E-state index in [4.69, 9.17) is 15.0 Å². The number of ketones is 1. The van der Waals surface area contributed by atoms with Gasteiger partial charge in [-0.05, 0) is 41.9 Å². The lowest BCUT2D eigenvalue weighted by molar-refractivity contribution is -0.0705. The Morgan fingerprint density at radius 3 is 2.71 bits per heavy atom. The van der Waals surface area contributed by atoms with Crippen LogP contribution in [0.25, 0.3) is 5.57 Å². The summed E-state index contributed by atoms with van der Waals surface area (Å²) in [5, 5.41) is 20.1.